The second-order valence-corrected chi connectivity index (χ2v) is 14.1. The van der Waals surface area contributed by atoms with Gasteiger partial charge in [0.05, 0.1) is 28.9 Å². The summed E-state index contributed by atoms with van der Waals surface area (Å²) in [4.78, 5) is 12.8. The number of aromatic nitrogens is 3. The van der Waals surface area contributed by atoms with Crippen molar-refractivity contribution >= 4 is 35.3 Å². The molecular weight excluding hydrogens is 503 g/mol. The fourth-order valence-corrected chi connectivity index (χ4v) is 5.72. The molecule has 0 aromatic carbocycles. The molecule has 3 rings (SSSR count). The summed E-state index contributed by atoms with van der Waals surface area (Å²) in [7, 11) is 0. The summed E-state index contributed by atoms with van der Waals surface area (Å²) in [5.41, 5.74) is 3.31. The van der Waals surface area contributed by atoms with Crippen molar-refractivity contribution in [2.75, 3.05) is 6.61 Å². The lowest BCUT2D eigenvalue weighted by Gasteiger charge is -2.15. The van der Waals surface area contributed by atoms with Crippen LogP contribution in [0.15, 0.2) is 73.2 Å². The second kappa shape index (κ2) is 19.6. The van der Waals surface area contributed by atoms with Crippen LogP contribution in [-0.2, 0) is 5.75 Å². The van der Waals surface area contributed by atoms with Gasteiger partial charge in [-0.3, -0.25) is 15.0 Å². The first-order valence-corrected chi connectivity index (χ1v) is 15.4. The predicted molar refractivity (Wildman–Crippen MR) is 163 cm³/mol. The van der Waals surface area contributed by atoms with Gasteiger partial charge in [-0.05, 0) is 59.1 Å². The van der Waals surface area contributed by atoms with Crippen LogP contribution in [0.3, 0.4) is 0 Å². The summed E-state index contributed by atoms with van der Waals surface area (Å²) >= 11 is 5.61. The molecule has 3 aromatic rings. The number of rotatable bonds is 10. The SMILES string of the molecule is CC(C)SC(C)c1ccccn1.CC(C)SC(CO)c1ccccn1.CC(C)SCc1ccccn1. The van der Waals surface area contributed by atoms with Crippen molar-refractivity contribution in [3.05, 3.63) is 90.3 Å². The highest BCUT2D eigenvalue weighted by molar-refractivity contribution is 8.00. The van der Waals surface area contributed by atoms with Crippen molar-refractivity contribution in [3.8, 4) is 0 Å². The predicted octanol–water partition coefficient (Wildman–Crippen LogP) is 8.26. The standard InChI is InChI=1S/C10H15NOS.C10H15NS.C9H13NS/c1-8(2)13-10(7-12)9-5-3-4-6-11-9;1-8(2)12-9(3)10-6-4-5-7-11-10;1-8(2)11-7-9-5-3-4-6-10-9/h3-6,8,10,12H,7H2,1-2H3;4-9H,1-3H3;3-6,8H,7H2,1-2H3. The normalized spacial score (nSPS) is 12.4. The van der Waals surface area contributed by atoms with E-state index >= 15 is 0 Å². The minimum absolute atomic E-state index is 0.112. The van der Waals surface area contributed by atoms with Crippen LogP contribution in [0, 0.1) is 0 Å². The third-order valence-electron chi connectivity index (χ3n) is 4.49. The zero-order valence-corrected chi connectivity index (χ0v) is 25.2. The van der Waals surface area contributed by atoms with Crippen molar-refractivity contribution < 1.29 is 5.11 Å². The van der Waals surface area contributed by atoms with Gasteiger partial charge in [-0.25, -0.2) is 0 Å². The highest BCUT2D eigenvalue weighted by Crippen LogP contribution is 2.30. The first kappa shape index (κ1) is 32.5. The maximum atomic E-state index is 9.17. The number of hydrogen-bond donors (Lipinski definition) is 1. The Bertz CT molecular complexity index is 897. The topological polar surface area (TPSA) is 58.9 Å². The zero-order chi connectivity index (χ0) is 26.8. The van der Waals surface area contributed by atoms with Gasteiger partial charge in [0, 0.05) is 29.6 Å². The average molecular weight is 546 g/mol. The van der Waals surface area contributed by atoms with Gasteiger partial charge in [-0.15, -0.1) is 23.5 Å². The van der Waals surface area contributed by atoms with Crippen LogP contribution in [-0.4, -0.2) is 42.4 Å². The summed E-state index contributed by atoms with van der Waals surface area (Å²) < 4.78 is 0. The summed E-state index contributed by atoms with van der Waals surface area (Å²) in [6, 6.07) is 17.9. The maximum absolute atomic E-state index is 9.17. The van der Waals surface area contributed by atoms with E-state index < -0.39 is 0 Å². The van der Waals surface area contributed by atoms with Crippen LogP contribution in [0.4, 0.5) is 0 Å². The smallest absolute Gasteiger partial charge is 0.0703 e. The molecule has 0 spiro atoms. The molecule has 198 valence electrons. The summed E-state index contributed by atoms with van der Waals surface area (Å²) in [5, 5.41) is 11.7. The third kappa shape index (κ3) is 15.5. The molecule has 0 fully saturated rings. The third-order valence-corrected chi connectivity index (χ3v) is 8.08. The number of hydrogen-bond acceptors (Lipinski definition) is 7. The fraction of sp³-hybridized carbons (Fsp3) is 0.483. The molecule has 4 nitrogen and oxygen atoms in total. The molecule has 0 amide bonds. The molecule has 36 heavy (non-hydrogen) atoms. The Hall–Kier alpha value is -1.54. The summed E-state index contributed by atoms with van der Waals surface area (Å²) in [6.07, 6.45) is 5.46. The number of nitrogens with zero attached hydrogens (tertiary/aromatic N) is 3. The molecule has 3 heterocycles. The van der Waals surface area contributed by atoms with E-state index in [-0.39, 0.29) is 11.9 Å². The largest absolute Gasteiger partial charge is 0.395 e. The quantitative estimate of drug-likeness (QED) is 0.275. The Morgan fingerprint density at radius 2 is 1.17 bits per heavy atom. The van der Waals surface area contributed by atoms with E-state index in [1.807, 2.05) is 78.4 Å². The van der Waals surface area contributed by atoms with Crippen molar-refractivity contribution in [3.63, 3.8) is 0 Å². The Labute approximate surface area is 231 Å². The van der Waals surface area contributed by atoms with E-state index in [2.05, 4.69) is 75.6 Å². The van der Waals surface area contributed by atoms with Gasteiger partial charge in [0.2, 0.25) is 0 Å². The molecule has 3 aromatic heterocycles. The van der Waals surface area contributed by atoms with Crippen LogP contribution < -0.4 is 0 Å². The first-order chi connectivity index (χ1) is 17.2. The molecule has 0 aliphatic heterocycles. The van der Waals surface area contributed by atoms with Gasteiger partial charge in [0.15, 0.2) is 0 Å². The van der Waals surface area contributed by atoms with E-state index in [4.69, 9.17) is 5.11 Å². The Morgan fingerprint density at radius 1 is 0.639 bits per heavy atom. The Morgan fingerprint density at radius 3 is 1.58 bits per heavy atom. The first-order valence-electron chi connectivity index (χ1n) is 12.5. The van der Waals surface area contributed by atoms with Gasteiger partial charge < -0.3 is 5.11 Å². The van der Waals surface area contributed by atoms with Crippen LogP contribution >= 0.6 is 35.3 Å². The van der Waals surface area contributed by atoms with Crippen LogP contribution in [0.25, 0.3) is 0 Å². The van der Waals surface area contributed by atoms with Crippen LogP contribution in [0.2, 0.25) is 0 Å². The van der Waals surface area contributed by atoms with Crippen molar-refractivity contribution in [2.45, 2.75) is 80.5 Å². The molecule has 0 radical (unpaired) electrons. The maximum Gasteiger partial charge on any atom is 0.0703 e. The second-order valence-electron chi connectivity index (χ2n) is 8.87. The van der Waals surface area contributed by atoms with E-state index in [1.54, 1.807) is 18.0 Å². The lowest BCUT2D eigenvalue weighted by atomic mass is 10.3. The van der Waals surface area contributed by atoms with Gasteiger partial charge in [0.25, 0.3) is 0 Å². The molecule has 0 saturated carbocycles. The molecule has 0 saturated heterocycles. The molecular formula is C29H43N3OS3. The minimum atomic E-state index is 0.112. The van der Waals surface area contributed by atoms with Gasteiger partial charge >= 0.3 is 0 Å². The van der Waals surface area contributed by atoms with E-state index in [0.717, 1.165) is 11.4 Å². The fourth-order valence-electron chi connectivity index (χ4n) is 2.93. The molecule has 2 unspecified atom stereocenters. The number of pyridine rings is 3. The lowest BCUT2D eigenvalue weighted by Crippen LogP contribution is -2.05. The molecule has 0 aliphatic rings. The molecule has 0 aliphatic carbocycles. The molecule has 2 atom stereocenters. The van der Waals surface area contributed by atoms with Crippen molar-refractivity contribution in [2.24, 2.45) is 0 Å². The van der Waals surface area contributed by atoms with Crippen molar-refractivity contribution in [1.82, 2.24) is 15.0 Å². The Balaban J connectivity index is 0.000000271. The molecule has 7 heteroatoms. The Kier molecular flexibility index (Phi) is 17.6. The van der Waals surface area contributed by atoms with Gasteiger partial charge in [0.1, 0.15) is 0 Å². The molecule has 1 N–H and O–H groups in total. The number of thioether (sulfide) groups is 3. The van der Waals surface area contributed by atoms with E-state index in [9.17, 15) is 0 Å². The molecule has 0 bridgehead atoms. The van der Waals surface area contributed by atoms with E-state index in [0.29, 0.717) is 21.0 Å². The number of aliphatic hydroxyl groups is 1. The summed E-state index contributed by atoms with van der Waals surface area (Å²) in [5.74, 6) is 1.03. The van der Waals surface area contributed by atoms with Gasteiger partial charge in [-0.2, -0.15) is 11.8 Å². The van der Waals surface area contributed by atoms with Gasteiger partial charge in [-0.1, -0.05) is 59.7 Å². The average Bonchev–Trinajstić information content (AvgIpc) is 2.88. The lowest BCUT2D eigenvalue weighted by molar-refractivity contribution is 0.294. The summed E-state index contributed by atoms with van der Waals surface area (Å²) in [6.45, 7) is 15.4. The highest BCUT2D eigenvalue weighted by Gasteiger charge is 2.13. The zero-order valence-electron chi connectivity index (χ0n) is 22.7. The van der Waals surface area contributed by atoms with E-state index in [1.165, 1.54) is 11.4 Å². The highest BCUT2D eigenvalue weighted by atomic mass is 32.2. The van der Waals surface area contributed by atoms with Crippen LogP contribution in [0.1, 0.15) is 76.0 Å². The van der Waals surface area contributed by atoms with Crippen molar-refractivity contribution in [1.29, 1.82) is 0 Å². The minimum Gasteiger partial charge on any atom is -0.395 e. The monoisotopic (exact) mass is 545 g/mol. The van der Waals surface area contributed by atoms with Crippen LogP contribution in [0.5, 0.6) is 0 Å². The number of aliphatic hydroxyl groups excluding tert-OH is 1.